The minimum absolute atomic E-state index is 0.143. The molecule has 0 aliphatic carbocycles. The molecule has 0 spiro atoms. The zero-order chi connectivity index (χ0) is 18.1. The summed E-state index contributed by atoms with van der Waals surface area (Å²) >= 11 is 1.46. The number of thiazole rings is 1. The third-order valence-corrected chi connectivity index (χ3v) is 5.18. The minimum Gasteiger partial charge on any atom is -0.464 e. The largest absolute Gasteiger partial charge is 0.464 e. The number of fused-ring (bicyclic) bond motifs is 1. The van der Waals surface area contributed by atoms with E-state index in [-0.39, 0.29) is 19.0 Å². The Labute approximate surface area is 154 Å². The Morgan fingerprint density at radius 2 is 2.08 bits per heavy atom. The molecule has 0 amide bonds. The van der Waals surface area contributed by atoms with E-state index in [4.69, 9.17) is 13.6 Å². The zero-order valence-electron chi connectivity index (χ0n) is 14.4. The summed E-state index contributed by atoms with van der Waals surface area (Å²) in [6.07, 6.45) is 3.40. The molecular formula is C20H17NO4S. The lowest BCUT2D eigenvalue weighted by Crippen LogP contribution is -2.08. The summed E-state index contributed by atoms with van der Waals surface area (Å²) in [5, 5.41) is 3.59. The van der Waals surface area contributed by atoms with Crippen molar-refractivity contribution in [3.63, 3.8) is 0 Å². The van der Waals surface area contributed by atoms with Gasteiger partial charge in [-0.05, 0) is 49.2 Å². The van der Waals surface area contributed by atoms with Gasteiger partial charge in [0.05, 0.1) is 24.6 Å². The number of aromatic nitrogens is 1. The molecule has 4 rings (SSSR count). The molecule has 4 aromatic rings. The Morgan fingerprint density at radius 3 is 2.88 bits per heavy atom. The first kappa shape index (κ1) is 16.6. The molecule has 5 nitrogen and oxygen atoms in total. The zero-order valence-corrected chi connectivity index (χ0v) is 15.3. The van der Waals surface area contributed by atoms with Gasteiger partial charge in [-0.15, -0.1) is 11.3 Å². The fourth-order valence-electron chi connectivity index (χ4n) is 2.72. The van der Waals surface area contributed by atoms with E-state index in [1.165, 1.54) is 16.9 Å². The molecule has 3 aromatic heterocycles. The molecule has 0 atom stereocenters. The molecule has 0 unspecified atom stereocenters. The smallest absolute Gasteiger partial charge is 0.310 e. The van der Waals surface area contributed by atoms with Crippen LogP contribution in [0.15, 0.2) is 51.0 Å². The Kier molecular flexibility index (Phi) is 4.34. The number of rotatable bonds is 5. The van der Waals surface area contributed by atoms with E-state index in [0.29, 0.717) is 11.5 Å². The maximum absolute atomic E-state index is 12.2. The molecule has 3 heterocycles. The topological polar surface area (TPSA) is 65.5 Å². The Hall–Kier alpha value is -2.86. The lowest BCUT2D eigenvalue weighted by Gasteiger charge is -2.03. The van der Waals surface area contributed by atoms with Crippen LogP contribution >= 0.6 is 11.3 Å². The fourth-order valence-corrected chi connectivity index (χ4v) is 3.49. The molecular weight excluding hydrogens is 350 g/mol. The van der Waals surface area contributed by atoms with Gasteiger partial charge in [0.2, 0.25) is 0 Å². The highest BCUT2D eigenvalue weighted by molar-refractivity contribution is 7.13. The number of benzene rings is 1. The molecule has 0 fully saturated rings. The third-order valence-electron chi connectivity index (χ3n) is 4.27. The van der Waals surface area contributed by atoms with Gasteiger partial charge < -0.3 is 13.6 Å². The predicted octanol–water partition coefficient (Wildman–Crippen LogP) is 5.05. The van der Waals surface area contributed by atoms with Crippen LogP contribution in [0.2, 0.25) is 0 Å². The van der Waals surface area contributed by atoms with Crippen LogP contribution in [0.3, 0.4) is 0 Å². The minimum atomic E-state index is -0.307. The lowest BCUT2D eigenvalue weighted by molar-refractivity contribution is -0.144. The van der Waals surface area contributed by atoms with Gasteiger partial charge in [0.15, 0.2) is 10.8 Å². The number of hydrogen-bond donors (Lipinski definition) is 0. The maximum Gasteiger partial charge on any atom is 0.310 e. The van der Waals surface area contributed by atoms with Crippen molar-refractivity contribution < 1.29 is 18.4 Å². The number of furan rings is 2. The highest BCUT2D eigenvalue weighted by Crippen LogP contribution is 2.26. The molecule has 6 heteroatoms. The van der Waals surface area contributed by atoms with Crippen LogP contribution in [0.25, 0.3) is 21.7 Å². The lowest BCUT2D eigenvalue weighted by atomic mass is 10.0. The third kappa shape index (κ3) is 3.28. The maximum atomic E-state index is 12.2. The highest BCUT2D eigenvalue weighted by Gasteiger charge is 2.14. The number of carbonyl (C=O) groups is 1. The van der Waals surface area contributed by atoms with Crippen molar-refractivity contribution in [3.8, 4) is 10.8 Å². The van der Waals surface area contributed by atoms with Crippen molar-refractivity contribution in [1.82, 2.24) is 4.98 Å². The van der Waals surface area contributed by atoms with Crippen LogP contribution in [-0.2, 0) is 22.6 Å². The van der Waals surface area contributed by atoms with Gasteiger partial charge in [0.25, 0.3) is 0 Å². The van der Waals surface area contributed by atoms with Gasteiger partial charge in [-0.2, -0.15) is 0 Å². The monoisotopic (exact) mass is 367 g/mol. The van der Waals surface area contributed by atoms with Gasteiger partial charge in [-0.3, -0.25) is 4.79 Å². The van der Waals surface area contributed by atoms with E-state index in [0.717, 1.165) is 27.1 Å². The summed E-state index contributed by atoms with van der Waals surface area (Å²) in [4.78, 5) is 16.6. The van der Waals surface area contributed by atoms with Crippen molar-refractivity contribution >= 4 is 28.3 Å². The van der Waals surface area contributed by atoms with Crippen molar-refractivity contribution in [2.24, 2.45) is 0 Å². The molecule has 0 saturated heterocycles. The number of carbonyl (C=O) groups excluding carboxylic acids is 1. The van der Waals surface area contributed by atoms with Crippen LogP contribution in [0.1, 0.15) is 22.4 Å². The molecule has 0 saturated carbocycles. The van der Waals surface area contributed by atoms with Crippen LogP contribution in [0.4, 0.5) is 0 Å². The quantitative estimate of drug-likeness (QED) is 0.462. The van der Waals surface area contributed by atoms with E-state index < -0.39 is 0 Å². The van der Waals surface area contributed by atoms with Gasteiger partial charge in [-0.25, -0.2) is 4.98 Å². The Morgan fingerprint density at radius 1 is 1.23 bits per heavy atom. The van der Waals surface area contributed by atoms with Gasteiger partial charge >= 0.3 is 5.97 Å². The molecule has 132 valence electrons. The Bertz CT molecular complexity index is 1060. The van der Waals surface area contributed by atoms with E-state index in [2.05, 4.69) is 4.98 Å². The number of aryl methyl sites for hydroxylation is 2. The van der Waals surface area contributed by atoms with Crippen molar-refractivity contribution in [3.05, 3.63) is 64.6 Å². The van der Waals surface area contributed by atoms with Crippen molar-refractivity contribution in [2.75, 3.05) is 0 Å². The molecule has 0 radical (unpaired) electrons. The van der Waals surface area contributed by atoms with E-state index >= 15 is 0 Å². The second-order valence-electron chi connectivity index (χ2n) is 6.15. The van der Waals surface area contributed by atoms with Gasteiger partial charge in [0.1, 0.15) is 12.2 Å². The first-order valence-electron chi connectivity index (χ1n) is 8.21. The second kappa shape index (κ2) is 6.80. The van der Waals surface area contributed by atoms with Crippen molar-refractivity contribution in [2.45, 2.75) is 26.9 Å². The summed E-state index contributed by atoms with van der Waals surface area (Å²) in [5.74, 6) is 0.404. The number of esters is 1. The molecule has 0 bridgehead atoms. The summed E-state index contributed by atoms with van der Waals surface area (Å²) < 4.78 is 16.2. The SMILES string of the molecule is Cc1cc2occ(CC(=O)OCc3csc(-c4ccco4)n3)c2cc1C. The first-order valence-corrected chi connectivity index (χ1v) is 9.09. The highest BCUT2D eigenvalue weighted by atomic mass is 32.1. The average Bonchev–Trinajstić information content (AvgIpc) is 3.35. The second-order valence-corrected chi connectivity index (χ2v) is 7.01. The molecule has 1 aromatic carbocycles. The van der Waals surface area contributed by atoms with E-state index in [9.17, 15) is 4.79 Å². The molecule has 0 N–H and O–H groups in total. The molecule has 26 heavy (non-hydrogen) atoms. The number of ether oxygens (including phenoxy) is 1. The normalized spacial score (nSPS) is 11.2. The van der Waals surface area contributed by atoms with Crippen LogP contribution in [-0.4, -0.2) is 11.0 Å². The van der Waals surface area contributed by atoms with Crippen molar-refractivity contribution in [1.29, 1.82) is 0 Å². The standard InChI is InChI=1S/C20H17NO4S/c1-12-6-16-14(9-24-18(16)7-13(12)2)8-19(22)25-10-15-11-26-20(21-15)17-4-3-5-23-17/h3-7,9,11H,8,10H2,1-2H3. The van der Waals surface area contributed by atoms with Crippen LogP contribution < -0.4 is 0 Å². The number of hydrogen-bond acceptors (Lipinski definition) is 6. The average molecular weight is 367 g/mol. The summed E-state index contributed by atoms with van der Waals surface area (Å²) in [6, 6.07) is 7.70. The van der Waals surface area contributed by atoms with E-state index in [1.807, 2.05) is 43.5 Å². The fraction of sp³-hybridized carbons (Fsp3) is 0.200. The summed E-state index contributed by atoms with van der Waals surface area (Å²) in [5.41, 5.74) is 4.66. The van der Waals surface area contributed by atoms with Gasteiger partial charge in [-0.1, -0.05) is 0 Å². The summed E-state index contributed by atoms with van der Waals surface area (Å²) in [7, 11) is 0. The van der Waals surface area contributed by atoms with Crippen LogP contribution in [0.5, 0.6) is 0 Å². The van der Waals surface area contributed by atoms with E-state index in [1.54, 1.807) is 12.5 Å². The molecule has 0 aliphatic rings. The van der Waals surface area contributed by atoms with Crippen LogP contribution in [0, 0.1) is 13.8 Å². The van der Waals surface area contributed by atoms with Gasteiger partial charge in [0, 0.05) is 16.3 Å². The number of nitrogens with zero attached hydrogens (tertiary/aromatic N) is 1. The Balaban J connectivity index is 1.41. The first-order chi connectivity index (χ1) is 12.6. The summed E-state index contributed by atoms with van der Waals surface area (Å²) in [6.45, 7) is 4.22. The predicted molar refractivity (Wildman–Crippen MR) is 99.0 cm³/mol. The molecule has 0 aliphatic heterocycles.